The van der Waals surface area contributed by atoms with Crippen molar-refractivity contribution in [1.82, 2.24) is 4.98 Å². The van der Waals surface area contributed by atoms with Gasteiger partial charge in [0, 0.05) is 10.4 Å². The quantitative estimate of drug-likeness (QED) is 0.718. The van der Waals surface area contributed by atoms with E-state index < -0.39 is 11.7 Å². The Morgan fingerprint density at radius 2 is 1.88 bits per heavy atom. The monoisotopic (exact) mass is 340 g/mol. The van der Waals surface area contributed by atoms with Crippen molar-refractivity contribution in [3.63, 3.8) is 0 Å². The highest BCUT2D eigenvalue weighted by molar-refractivity contribution is 7.16. The molecule has 0 aliphatic rings. The van der Waals surface area contributed by atoms with E-state index in [1.807, 2.05) is 20.8 Å². The molecule has 1 amide bonds. The van der Waals surface area contributed by atoms with Gasteiger partial charge in [-0.25, -0.2) is 9.37 Å². The number of amides is 1. The minimum Gasteiger partial charge on any atom is -0.298 e. The van der Waals surface area contributed by atoms with E-state index in [2.05, 4.69) is 28.5 Å². The van der Waals surface area contributed by atoms with E-state index >= 15 is 0 Å². The molecule has 0 fully saturated rings. The Hall–Kier alpha value is -2.53. The molecule has 3 aromatic rings. The lowest BCUT2D eigenvalue weighted by molar-refractivity contribution is 0.102. The molecule has 24 heavy (non-hydrogen) atoms. The molecule has 0 saturated heterocycles. The Morgan fingerprint density at radius 1 is 1.12 bits per heavy atom. The fourth-order valence-electron chi connectivity index (χ4n) is 2.50. The summed E-state index contributed by atoms with van der Waals surface area (Å²) >= 11 is 1.39. The molecule has 0 aliphatic heterocycles. The number of hydrogen-bond donors (Lipinski definition) is 1. The second kappa shape index (κ2) is 6.53. The third-order valence-electron chi connectivity index (χ3n) is 3.78. The van der Waals surface area contributed by atoms with Gasteiger partial charge in [0.15, 0.2) is 5.13 Å². The molecule has 1 heterocycles. The number of nitrogens with one attached hydrogen (secondary N) is 1. The number of aromatic nitrogens is 1. The second-order valence-corrected chi connectivity index (χ2v) is 6.88. The summed E-state index contributed by atoms with van der Waals surface area (Å²) in [6.45, 7) is 6.03. The highest BCUT2D eigenvalue weighted by Crippen LogP contribution is 2.33. The van der Waals surface area contributed by atoms with Crippen LogP contribution in [0.2, 0.25) is 0 Å². The summed E-state index contributed by atoms with van der Waals surface area (Å²) in [5, 5.41) is 3.16. The van der Waals surface area contributed by atoms with Crippen molar-refractivity contribution in [2.24, 2.45) is 0 Å². The van der Waals surface area contributed by atoms with Crippen molar-refractivity contribution < 1.29 is 9.18 Å². The summed E-state index contributed by atoms with van der Waals surface area (Å²) in [5.41, 5.74) is 4.19. The van der Waals surface area contributed by atoms with Gasteiger partial charge in [-0.05, 0) is 44.5 Å². The number of nitrogens with zero attached hydrogens (tertiary/aromatic N) is 1. The molecule has 5 heteroatoms. The fraction of sp³-hybridized carbons (Fsp3) is 0.158. The summed E-state index contributed by atoms with van der Waals surface area (Å²) in [7, 11) is 0. The SMILES string of the molecule is Cc1ccc(C)c(-c2nc(NC(=O)c3ccccc3F)sc2C)c1. The Morgan fingerprint density at radius 3 is 2.62 bits per heavy atom. The van der Waals surface area contributed by atoms with E-state index in [1.54, 1.807) is 12.1 Å². The number of carbonyl (C=O) groups is 1. The molecule has 0 spiro atoms. The van der Waals surface area contributed by atoms with Gasteiger partial charge in [0.1, 0.15) is 5.82 Å². The summed E-state index contributed by atoms with van der Waals surface area (Å²) in [4.78, 5) is 17.8. The van der Waals surface area contributed by atoms with E-state index in [0.29, 0.717) is 5.13 Å². The summed E-state index contributed by atoms with van der Waals surface area (Å²) < 4.78 is 13.7. The van der Waals surface area contributed by atoms with Crippen molar-refractivity contribution in [1.29, 1.82) is 0 Å². The molecule has 0 aliphatic carbocycles. The maximum atomic E-state index is 13.7. The number of rotatable bonds is 3. The van der Waals surface area contributed by atoms with Crippen LogP contribution >= 0.6 is 11.3 Å². The molecule has 0 radical (unpaired) electrons. The third-order valence-corrected chi connectivity index (χ3v) is 4.67. The largest absolute Gasteiger partial charge is 0.298 e. The molecule has 0 atom stereocenters. The van der Waals surface area contributed by atoms with Crippen LogP contribution in [-0.2, 0) is 0 Å². The Kier molecular flexibility index (Phi) is 4.44. The van der Waals surface area contributed by atoms with Crippen LogP contribution in [0, 0.1) is 26.6 Å². The molecule has 0 unspecified atom stereocenters. The van der Waals surface area contributed by atoms with Gasteiger partial charge >= 0.3 is 0 Å². The van der Waals surface area contributed by atoms with E-state index in [9.17, 15) is 9.18 Å². The van der Waals surface area contributed by atoms with Crippen LogP contribution in [0.5, 0.6) is 0 Å². The molecule has 1 N–H and O–H groups in total. The van der Waals surface area contributed by atoms with Crippen LogP contribution in [0.15, 0.2) is 42.5 Å². The number of carbonyl (C=O) groups excluding carboxylic acids is 1. The van der Waals surface area contributed by atoms with E-state index in [4.69, 9.17) is 0 Å². The molecule has 2 aromatic carbocycles. The van der Waals surface area contributed by atoms with Crippen LogP contribution in [0.3, 0.4) is 0 Å². The van der Waals surface area contributed by atoms with Gasteiger partial charge < -0.3 is 0 Å². The van der Waals surface area contributed by atoms with Gasteiger partial charge in [-0.1, -0.05) is 29.8 Å². The van der Waals surface area contributed by atoms with Crippen LogP contribution in [0.25, 0.3) is 11.3 Å². The number of aryl methyl sites for hydroxylation is 3. The van der Waals surface area contributed by atoms with Crippen molar-refractivity contribution in [3.8, 4) is 11.3 Å². The van der Waals surface area contributed by atoms with Crippen LogP contribution in [-0.4, -0.2) is 10.9 Å². The molecular weight excluding hydrogens is 323 g/mol. The maximum Gasteiger partial charge on any atom is 0.260 e. The molecule has 3 nitrogen and oxygen atoms in total. The average Bonchev–Trinajstić information content (AvgIpc) is 2.90. The Labute approximate surface area is 144 Å². The summed E-state index contributed by atoms with van der Waals surface area (Å²) in [5.74, 6) is -1.03. The van der Waals surface area contributed by atoms with Crippen LogP contribution < -0.4 is 5.32 Å². The van der Waals surface area contributed by atoms with E-state index in [0.717, 1.165) is 27.3 Å². The lowest BCUT2D eigenvalue weighted by Crippen LogP contribution is -2.13. The van der Waals surface area contributed by atoms with Crippen LogP contribution in [0.1, 0.15) is 26.4 Å². The van der Waals surface area contributed by atoms with E-state index in [-0.39, 0.29) is 5.56 Å². The Balaban J connectivity index is 1.91. The number of benzene rings is 2. The lowest BCUT2D eigenvalue weighted by Gasteiger charge is -2.05. The van der Waals surface area contributed by atoms with Crippen molar-refractivity contribution in [3.05, 3.63) is 69.8 Å². The minimum absolute atomic E-state index is 0.0126. The van der Waals surface area contributed by atoms with Gasteiger partial charge in [-0.15, -0.1) is 11.3 Å². The predicted molar refractivity (Wildman–Crippen MR) is 96.1 cm³/mol. The zero-order valence-electron chi connectivity index (χ0n) is 13.7. The minimum atomic E-state index is -0.543. The predicted octanol–water partition coefficient (Wildman–Crippen LogP) is 5.13. The molecule has 0 saturated carbocycles. The molecular formula is C19H17FN2OS. The fourth-order valence-corrected chi connectivity index (χ4v) is 3.32. The first-order valence-corrected chi connectivity index (χ1v) is 8.38. The topological polar surface area (TPSA) is 42.0 Å². The number of halogens is 1. The molecule has 3 rings (SSSR count). The van der Waals surface area contributed by atoms with Gasteiger partial charge in [0.05, 0.1) is 11.3 Å². The van der Waals surface area contributed by atoms with Gasteiger partial charge in [0.25, 0.3) is 5.91 Å². The smallest absolute Gasteiger partial charge is 0.260 e. The first-order valence-electron chi connectivity index (χ1n) is 7.56. The normalized spacial score (nSPS) is 10.7. The molecule has 122 valence electrons. The standard InChI is InChI=1S/C19H17FN2OS/c1-11-8-9-12(2)15(10-11)17-13(3)24-19(21-17)22-18(23)14-6-4-5-7-16(14)20/h4-10H,1-3H3,(H,21,22,23). The van der Waals surface area contributed by atoms with Crippen molar-refractivity contribution in [2.75, 3.05) is 5.32 Å². The number of thiazole rings is 1. The third kappa shape index (κ3) is 3.21. The van der Waals surface area contributed by atoms with Gasteiger partial charge in [-0.2, -0.15) is 0 Å². The van der Waals surface area contributed by atoms with Crippen molar-refractivity contribution in [2.45, 2.75) is 20.8 Å². The number of hydrogen-bond acceptors (Lipinski definition) is 3. The zero-order chi connectivity index (χ0) is 17.3. The number of anilines is 1. The van der Waals surface area contributed by atoms with Gasteiger partial charge in [-0.3, -0.25) is 10.1 Å². The Bertz CT molecular complexity index is 917. The van der Waals surface area contributed by atoms with Gasteiger partial charge in [0.2, 0.25) is 0 Å². The van der Waals surface area contributed by atoms with Crippen LogP contribution in [0.4, 0.5) is 9.52 Å². The average molecular weight is 340 g/mol. The highest BCUT2D eigenvalue weighted by atomic mass is 32.1. The second-order valence-electron chi connectivity index (χ2n) is 5.68. The first kappa shape index (κ1) is 16.3. The summed E-state index contributed by atoms with van der Waals surface area (Å²) in [6, 6.07) is 12.1. The molecule has 0 bridgehead atoms. The summed E-state index contributed by atoms with van der Waals surface area (Å²) in [6.07, 6.45) is 0. The first-order chi connectivity index (χ1) is 11.5. The maximum absolute atomic E-state index is 13.7. The highest BCUT2D eigenvalue weighted by Gasteiger charge is 2.16. The zero-order valence-corrected chi connectivity index (χ0v) is 14.5. The van der Waals surface area contributed by atoms with E-state index in [1.165, 1.54) is 23.5 Å². The molecule has 1 aromatic heterocycles. The van der Waals surface area contributed by atoms with Crippen molar-refractivity contribution >= 4 is 22.4 Å². The lowest BCUT2D eigenvalue weighted by atomic mass is 10.0.